The minimum absolute atomic E-state index is 0.600. The van der Waals surface area contributed by atoms with Crippen LogP contribution in [0.15, 0.2) is 0 Å². The third-order valence-corrected chi connectivity index (χ3v) is 14.2. The lowest BCUT2D eigenvalue weighted by Gasteiger charge is -2.46. The van der Waals surface area contributed by atoms with Crippen molar-refractivity contribution in [1.29, 1.82) is 0 Å². The second-order valence-electron chi connectivity index (χ2n) is 2.47. The Labute approximate surface area is 187 Å². The normalized spacial score (nSPS) is 15.8. The largest absolute Gasteiger partial charge is 0.154 e. The number of rotatable bonds is 1. The van der Waals surface area contributed by atoms with Crippen LogP contribution in [0.1, 0.15) is 0 Å². The van der Waals surface area contributed by atoms with Crippen LogP contribution in [0.25, 0.3) is 0 Å². The van der Waals surface area contributed by atoms with Gasteiger partial charge in [-0.25, -0.2) is 0 Å². The molecule has 0 spiro atoms. The highest BCUT2D eigenvalue weighted by molar-refractivity contribution is 9.42. The average molecular weight is 939 g/mol. The van der Waals surface area contributed by atoms with Crippen LogP contribution in [0, 0.1) is 4.83 Å². The van der Waals surface area contributed by atoms with E-state index in [0.29, 0.717) is 0 Å². The minimum atomic E-state index is -0.677. The first-order chi connectivity index (χ1) is 6.65. The Kier molecular flexibility index (Phi) is 9.62. The van der Waals surface area contributed by atoms with E-state index in [9.17, 15) is 0 Å². The van der Waals surface area contributed by atoms with Crippen molar-refractivity contribution in [3.63, 3.8) is 0 Å². The molecule has 0 fully saturated rings. The van der Waals surface area contributed by atoms with E-state index < -0.39 is 10.8 Å². The van der Waals surface area contributed by atoms with Crippen LogP contribution < -0.4 is 0 Å². The smallest absolute Gasteiger partial charge is 0.0784 e. The SMILES string of the molecule is Br[C](C(Br)(Br)Br)C(Br)(C(Br)(Br)Br)C(Br)(Br)Br. The quantitative estimate of drug-likeness (QED) is 0.232. The summed E-state index contributed by atoms with van der Waals surface area (Å²) >= 11 is 38.7. The Bertz CT molecular complexity index is 227. The monoisotopic (exact) mass is 928 g/mol. The van der Waals surface area contributed by atoms with E-state index in [4.69, 9.17) is 0 Å². The molecule has 0 aliphatic rings. The van der Waals surface area contributed by atoms with Crippen LogP contribution in [0.4, 0.5) is 0 Å². The minimum Gasteiger partial charge on any atom is -0.0784 e. The molecule has 0 N–H and O–H groups in total. The molecule has 16 heavy (non-hydrogen) atoms. The Hall–Kier alpha value is 5.28. The first-order valence-electron chi connectivity index (χ1n) is 3.08. The molecule has 0 aromatic carbocycles. The maximum absolute atomic E-state index is 3.67. The molecule has 97 valence electrons. The molecule has 0 nitrogen and oxygen atoms in total. The lowest BCUT2D eigenvalue weighted by atomic mass is 10.1. The molecule has 0 unspecified atom stereocenters. The molecule has 0 heterocycles. The average Bonchev–Trinajstić information content (AvgIpc) is 1.95. The predicted molar refractivity (Wildman–Crippen MR) is 112 cm³/mol. The van der Waals surface area contributed by atoms with Gasteiger partial charge in [-0.05, 0) is 0 Å². The summed E-state index contributed by atoms with van der Waals surface area (Å²) < 4.78 is -2.56. The zero-order chi connectivity index (χ0) is 13.6. The van der Waals surface area contributed by atoms with Gasteiger partial charge in [0.05, 0.1) is 0 Å². The van der Waals surface area contributed by atoms with E-state index in [2.05, 4.69) is 175 Å². The summed E-state index contributed by atoms with van der Waals surface area (Å²) in [6, 6.07) is 0. The molecular weight excluding hydrogens is 939 g/mol. The van der Waals surface area contributed by atoms with Gasteiger partial charge in [-0.2, -0.15) is 0 Å². The zero-order valence-electron chi connectivity index (χ0n) is 6.66. The van der Waals surface area contributed by atoms with E-state index in [1.165, 1.54) is 0 Å². The summed E-state index contributed by atoms with van der Waals surface area (Å²) in [4.78, 5) is 0.809. The Morgan fingerprint density at radius 1 is 0.562 bits per heavy atom. The standard InChI is InChI=1S/C5Br11/c6-1(3(8,9)10)2(7,4(11,12)13)5(14,15)16. The van der Waals surface area contributed by atoms with Crippen molar-refractivity contribution < 1.29 is 0 Å². The van der Waals surface area contributed by atoms with E-state index in [0.717, 1.165) is 4.83 Å². The highest BCUT2D eigenvalue weighted by Gasteiger charge is 2.65. The molecule has 1 radical (unpaired) electrons. The number of halogens is 11. The van der Waals surface area contributed by atoms with Crippen LogP contribution >= 0.6 is 175 Å². The van der Waals surface area contributed by atoms with Gasteiger partial charge in [0.25, 0.3) is 0 Å². The van der Waals surface area contributed by atoms with E-state index in [1.807, 2.05) is 0 Å². The molecule has 0 bridgehead atoms. The van der Waals surface area contributed by atoms with Gasteiger partial charge < -0.3 is 0 Å². The number of alkyl halides is 10. The van der Waals surface area contributed by atoms with Crippen molar-refractivity contribution in [3.8, 4) is 0 Å². The van der Waals surface area contributed by atoms with Crippen molar-refractivity contribution in [3.05, 3.63) is 4.83 Å². The fraction of sp³-hybridized carbons (Fsp3) is 0.800. The maximum atomic E-state index is 3.67. The van der Waals surface area contributed by atoms with Gasteiger partial charge in [0.2, 0.25) is 0 Å². The summed E-state index contributed by atoms with van der Waals surface area (Å²) in [6.45, 7) is 0. The third kappa shape index (κ3) is 5.18. The van der Waals surface area contributed by atoms with Gasteiger partial charge in [0.1, 0.15) is 9.15 Å². The second kappa shape index (κ2) is 7.23. The van der Waals surface area contributed by atoms with Crippen molar-refractivity contribution >= 4 is 175 Å². The fourth-order valence-electron chi connectivity index (χ4n) is 0.605. The van der Waals surface area contributed by atoms with E-state index in [-0.39, 0.29) is 0 Å². The molecule has 0 saturated carbocycles. The van der Waals surface area contributed by atoms with Crippen LogP contribution in [-0.2, 0) is 0 Å². The van der Waals surface area contributed by atoms with Gasteiger partial charge in [-0.1, -0.05) is 175 Å². The summed E-state index contributed by atoms with van der Waals surface area (Å²) in [5.74, 6) is 0. The second-order valence-corrected chi connectivity index (χ2v) is 24.7. The van der Waals surface area contributed by atoms with Gasteiger partial charge in [0, 0.05) is 0 Å². The molecule has 0 aromatic heterocycles. The lowest BCUT2D eigenvalue weighted by molar-refractivity contribution is 0.772. The van der Waals surface area contributed by atoms with Crippen molar-refractivity contribution in [2.75, 3.05) is 0 Å². The zero-order valence-corrected chi connectivity index (χ0v) is 24.1. The third-order valence-electron chi connectivity index (χ3n) is 1.33. The lowest BCUT2D eigenvalue weighted by Crippen LogP contribution is -2.52. The van der Waals surface area contributed by atoms with Crippen LogP contribution in [0.3, 0.4) is 0 Å². The number of hydrogen-bond acceptors (Lipinski definition) is 0. The molecule has 11 heteroatoms. The van der Waals surface area contributed by atoms with Crippen LogP contribution in [0.2, 0.25) is 0 Å². The summed E-state index contributed by atoms with van der Waals surface area (Å²) in [5, 5.41) is 0. The summed E-state index contributed by atoms with van der Waals surface area (Å²) in [5.41, 5.74) is 0. The Morgan fingerprint density at radius 2 is 0.812 bits per heavy atom. The molecule has 0 aromatic rings. The molecular formula is C5Br11. The molecule has 0 saturated heterocycles. The Morgan fingerprint density at radius 3 is 0.875 bits per heavy atom. The van der Waals surface area contributed by atoms with E-state index >= 15 is 0 Å². The first-order valence-corrected chi connectivity index (χ1v) is 11.8. The van der Waals surface area contributed by atoms with Gasteiger partial charge in [-0.15, -0.1) is 0 Å². The van der Waals surface area contributed by atoms with E-state index in [1.54, 1.807) is 0 Å². The molecule has 0 amide bonds. The molecule has 0 atom stereocenters. The summed E-state index contributed by atoms with van der Waals surface area (Å²) in [6.07, 6.45) is 0. The van der Waals surface area contributed by atoms with Crippen molar-refractivity contribution in [2.24, 2.45) is 0 Å². The van der Waals surface area contributed by atoms with Gasteiger partial charge in [0.15, 0.2) is 6.43 Å². The molecule has 0 rings (SSSR count). The topological polar surface area (TPSA) is 0 Å². The summed E-state index contributed by atoms with van der Waals surface area (Å²) in [7, 11) is 0. The fourth-order valence-corrected chi connectivity index (χ4v) is 10.2. The van der Waals surface area contributed by atoms with Crippen molar-refractivity contribution in [2.45, 2.75) is 10.8 Å². The number of hydrogen-bond donors (Lipinski definition) is 0. The Balaban J connectivity index is 5.63. The van der Waals surface area contributed by atoms with Gasteiger partial charge in [-0.3, -0.25) is 0 Å². The maximum Gasteiger partial charge on any atom is 0.154 e. The van der Waals surface area contributed by atoms with Gasteiger partial charge >= 0.3 is 0 Å². The van der Waals surface area contributed by atoms with Crippen molar-refractivity contribution in [1.82, 2.24) is 0 Å². The highest BCUT2D eigenvalue weighted by atomic mass is 80.0. The van der Waals surface area contributed by atoms with Crippen LogP contribution in [-0.4, -0.2) is 10.8 Å². The van der Waals surface area contributed by atoms with Crippen LogP contribution in [0.5, 0.6) is 0 Å². The first kappa shape index (κ1) is 21.3. The molecule has 0 aliphatic heterocycles. The molecule has 0 aliphatic carbocycles. The highest BCUT2D eigenvalue weighted by Crippen LogP contribution is 2.70. The predicted octanol–water partition coefficient (Wildman–Crippen LogP) is 8.56.